The van der Waals surface area contributed by atoms with Crippen molar-refractivity contribution in [2.45, 2.75) is 57.0 Å². The lowest BCUT2D eigenvalue weighted by molar-refractivity contribution is -0.143. The molecule has 40 heavy (non-hydrogen) atoms. The molecular formula is C34H38N4O2. The molecule has 0 aliphatic carbocycles. The number of carbonyl (C=O) groups excluding carboxylic acids is 2. The van der Waals surface area contributed by atoms with E-state index in [2.05, 4.69) is 77.9 Å². The molecule has 2 aliphatic heterocycles. The third kappa shape index (κ3) is 4.99. The lowest BCUT2D eigenvalue weighted by Gasteiger charge is -2.49. The zero-order valence-corrected chi connectivity index (χ0v) is 23.2. The summed E-state index contributed by atoms with van der Waals surface area (Å²) in [7, 11) is 0. The quantitative estimate of drug-likeness (QED) is 0.244. The Morgan fingerprint density at radius 2 is 1.57 bits per heavy atom. The van der Waals surface area contributed by atoms with E-state index in [0.717, 1.165) is 35.9 Å². The Bertz CT molecular complexity index is 1430. The molecule has 6 heteroatoms. The van der Waals surface area contributed by atoms with Gasteiger partial charge >= 0.3 is 6.03 Å². The van der Waals surface area contributed by atoms with Crippen molar-refractivity contribution in [2.75, 3.05) is 19.6 Å². The number of nitrogens with zero attached hydrogens (tertiary/aromatic N) is 2. The number of aromatic amines is 1. The highest BCUT2D eigenvalue weighted by Gasteiger charge is 2.49. The minimum Gasteiger partial charge on any atom is -0.356 e. The summed E-state index contributed by atoms with van der Waals surface area (Å²) >= 11 is 0. The van der Waals surface area contributed by atoms with Crippen LogP contribution < -0.4 is 5.32 Å². The van der Waals surface area contributed by atoms with Gasteiger partial charge in [-0.1, -0.05) is 105 Å². The van der Waals surface area contributed by atoms with E-state index in [4.69, 9.17) is 0 Å². The molecule has 1 fully saturated rings. The number of hydrogen-bond acceptors (Lipinski definition) is 2. The molecule has 6 rings (SSSR count). The maximum atomic E-state index is 14.2. The lowest BCUT2D eigenvalue weighted by atomic mass is 9.86. The average Bonchev–Trinajstić information content (AvgIpc) is 3.37. The molecule has 0 unspecified atom stereocenters. The number of para-hydroxylation sites is 1. The second-order valence-electron chi connectivity index (χ2n) is 11.1. The number of fused-ring (bicyclic) bond motifs is 6. The van der Waals surface area contributed by atoms with E-state index in [0.29, 0.717) is 26.1 Å². The largest absolute Gasteiger partial charge is 0.356 e. The Hall–Kier alpha value is -4.06. The molecule has 1 aromatic heterocycles. The van der Waals surface area contributed by atoms with Crippen molar-refractivity contribution < 1.29 is 9.59 Å². The summed E-state index contributed by atoms with van der Waals surface area (Å²) in [5, 5.41) is 4.29. The number of carbonyl (C=O) groups is 2. The molecule has 4 aromatic rings. The fraction of sp³-hybridized carbons (Fsp3) is 0.353. The first kappa shape index (κ1) is 26.2. The first-order valence-corrected chi connectivity index (χ1v) is 14.7. The summed E-state index contributed by atoms with van der Waals surface area (Å²) in [6.07, 6.45) is 4.90. The van der Waals surface area contributed by atoms with Crippen LogP contribution in [0.25, 0.3) is 10.9 Å². The fourth-order valence-electron chi connectivity index (χ4n) is 6.55. The van der Waals surface area contributed by atoms with Gasteiger partial charge in [0.25, 0.3) is 0 Å². The summed E-state index contributed by atoms with van der Waals surface area (Å²) in [4.78, 5) is 35.3. The van der Waals surface area contributed by atoms with Gasteiger partial charge in [-0.2, -0.15) is 0 Å². The normalized spacial score (nSPS) is 18.3. The van der Waals surface area contributed by atoms with Gasteiger partial charge in [0.05, 0.1) is 6.04 Å². The minimum atomic E-state index is -0.520. The molecule has 0 radical (unpaired) electrons. The van der Waals surface area contributed by atoms with Crippen molar-refractivity contribution in [1.82, 2.24) is 20.1 Å². The first-order valence-electron chi connectivity index (χ1n) is 14.7. The van der Waals surface area contributed by atoms with Crippen LogP contribution in [0.15, 0.2) is 84.9 Å². The van der Waals surface area contributed by atoms with Crippen LogP contribution in [0.5, 0.6) is 0 Å². The van der Waals surface area contributed by atoms with E-state index >= 15 is 0 Å². The van der Waals surface area contributed by atoms with Gasteiger partial charge in [0.15, 0.2) is 0 Å². The monoisotopic (exact) mass is 534 g/mol. The van der Waals surface area contributed by atoms with Crippen molar-refractivity contribution in [3.8, 4) is 0 Å². The molecule has 3 amide bonds. The molecule has 2 aliphatic rings. The number of benzene rings is 3. The SMILES string of the molecule is CCCCCCNC(=O)N1[C@H]2Cc3c([nH]c4ccccc34)[C@@H]1CN(CC(c1ccccc1)c1ccccc1)C2=O. The molecular weight excluding hydrogens is 496 g/mol. The molecule has 1 saturated heterocycles. The molecule has 2 N–H and O–H groups in total. The van der Waals surface area contributed by atoms with Crippen LogP contribution in [0.1, 0.15) is 67.0 Å². The number of nitrogens with one attached hydrogen (secondary N) is 2. The smallest absolute Gasteiger partial charge is 0.318 e. The number of piperazine rings is 1. The molecule has 3 aromatic carbocycles. The van der Waals surface area contributed by atoms with E-state index in [-0.39, 0.29) is 23.9 Å². The Balaban J connectivity index is 1.32. The Kier molecular flexibility index (Phi) is 7.58. The number of hydrogen-bond donors (Lipinski definition) is 2. The maximum absolute atomic E-state index is 14.2. The van der Waals surface area contributed by atoms with Crippen molar-refractivity contribution in [3.63, 3.8) is 0 Å². The number of urea groups is 1. The maximum Gasteiger partial charge on any atom is 0.318 e. The van der Waals surface area contributed by atoms with Gasteiger partial charge in [0.1, 0.15) is 6.04 Å². The number of aromatic nitrogens is 1. The topological polar surface area (TPSA) is 68.4 Å². The van der Waals surface area contributed by atoms with Crippen LogP contribution in [0.3, 0.4) is 0 Å². The summed E-state index contributed by atoms with van der Waals surface area (Å²) in [6, 6.07) is 28.2. The minimum absolute atomic E-state index is 0.0326. The Morgan fingerprint density at radius 1 is 0.900 bits per heavy atom. The standard InChI is InChI=1S/C34H38N4O2/c1-2-3-4-13-20-35-34(40)38-30-21-27-26-18-11-12-19-29(26)36-32(27)31(38)23-37(33(30)39)22-28(24-14-7-5-8-15-24)25-16-9-6-10-17-25/h5-12,14-19,28,30-31,36H,2-4,13,20-23H2,1H3,(H,35,40)/t30-,31-/m0/s1. The van der Waals surface area contributed by atoms with Crippen LogP contribution in [0.4, 0.5) is 4.79 Å². The van der Waals surface area contributed by atoms with E-state index in [1.54, 1.807) is 0 Å². The Labute approximate surface area is 236 Å². The van der Waals surface area contributed by atoms with Crippen LogP contribution >= 0.6 is 0 Å². The van der Waals surface area contributed by atoms with Gasteiger partial charge in [0.2, 0.25) is 5.91 Å². The van der Waals surface area contributed by atoms with Gasteiger partial charge in [-0.15, -0.1) is 0 Å². The van der Waals surface area contributed by atoms with Crippen molar-refractivity contribution in [1.29, 1.82) is 0 Å². The summed E-state index contributed by atoms with van der Waals surface area (Å²) in [5.74, 6) is 0.0818. The third-order valence-electron chi connectivity index (χ3n) is 8.59. The number of amides is 3. The van der Waals surface area contributed by atoms with E-state index in [1.165, 1.54) is 23.1 Å². The molecule has 0 saturated carbocycles. The van der Waals surface area contributed by atoms with Gasteiger partial charge < -0.3 is 20.1 Å². The molecule has 3 heterocycles. The summed E-state index contributed by atoms with van der Waals surface area (Å²) in [6.45, 7) is 3.86. The van der Waals surface area contributed by atoms with E-state index in [1.807, 2.05) is 34.1 Å². The second-order valence-corrected chi connectivity index (χ2v) is 11.1. The molecule has 0 spiro atoms. The Morgan fingerprint density at radius 3 is 2.27 bits per heavy atom. The van der Waals surface area contributed by atoms with Gasteiger partial charge in [-0.25, -0.2) is 4.79 Å². The van der Waals surface area contributed by atoms with Gasteiger partial charge in [-0.05, 0) is 29.2 Å². The van der Waals surface area contributed by atoms with Crippen LogP contribution in [-0.4, -0.2) is 52.4 Å². The fourth-order valence-corrected chi connectivity index (χ4v) is 6.55. The number of unbranched alkanes of at least 4 members (excludes halogenated alkanes) is 3. The summed E-state index contributed by atoms with van der Waals surface area (Å²) < 4.78 is 0. The lowest BCUT2D eigenvalue weighted by Crippen LogP contribution is -2.64. The van der Waals surface area contributed by atoms with E-state index in [9.17, 15) is 9.59 Å². The highest BCUT2D eigenvalue weighted by atomic mass is 16.2. The summed E-state index contributed by atoms with van der Waals surface area (Å²) in [5.41, 5.74) is 5.67. The predicted molar refractivity (Wildman–Crippen MR) is 159 cm³/mol. The highest BCUT2D eigenvalue weighted by molar-refractivity contribution is 5.93. The molecule has 6 nitrogen and oxygen atoms in total. The molecule has 2 bridgehead atoms. The zero-order chi connectivity index (χ0) is 27.5. The van der Waals surface area contributed by atoms with Crippen molar-refractivity contribution in [3.05, 3.63) is 107 Å². The number of H-pyrrole nitrogens is 1. The first-order chi connectivity index (χ1) is 19.7. The second kappa shape index (κ2) is 11.6. The van der Waals surface area contributed by atoms with Crippen molar-refractivity contribution >= 4 is 22.8 Å². The third-order valence-corrected chi connectivity index (χ3v) is 8.59. The van der Waals surface area contributed by atoms with Crippen LogP contribution in [0.2, 0.25) is 0 Å². The average molecular weight is 535 g/mol. The van der Waals surface area contributed by atoms with Crippen LogP contribution in [0, 0.1) is 0 Å². The van der Waals surface area contributed by atoms with Gasteiger partial charge in [-0.3, -0.25) is 4.79 Å². The number of rotatable bonds is 9. The van der Waals surface area contributed by atoms with Gasteiger partial charge in [0, 0.05) is 48.6 Å². The molecule has 2 atom stereocenters. The molecule has 206 valence electrons. The predicted octanol–water partition coefficient (Wildman–Crippen LogP) is 6.40. The zero-order valence-electron chi connectivity index (χ0n) is 23.2. The van der Waals surface area contributed by atoms with E-state index < -0.39 is 6.04 Å². The highest BCUT2D eigenvalue weighted by Crippen LogP contribution is 2.41. The van der Waals surface area contributed by atoms with Crippen LogP contribution in [-0.2, 0) is 11.2 Å². The van der Waals surface area contributed by atoms with Crippen molar-refractivity contribution in [2.24, 2.45) is 0 Å².